The van der Waals surface area contributed by atoms with Crippen molar-refractivity contribution < 1.29 is 9.13 Å². The number of ether oxygens (including phenoxy) is 1. The third kappa shape index (κ3) is 2.21. The summed E-state index contributed by atoms with van der Waals surface area (Å²) in [7, 11) is 2.19. The van der Waals surface area contributed by atoms with Gasteiger partial charge in [-0.2, -0.15) is 0 Å². The van der Waals surface area contributed by atoms with Crippen LogP contribution in [-0.4, -0.2) is 30.1 Å². The van der Waals surface area contributed by atoms with Gasteiger partial charge in [-0.05, 0) is 44.9 Å². The number of benzene rings is 1. The summed E-state index contributed by atoms with van der Waals surface area (Å²) in [5.41, 5.74) is 0. The van der Waals surface area contributed by atoms with Crippen LogP contribution >= 0.6 is 11.6 Å². The maximum Gasteiger partial charge on any atom is 0.145 e. The second kappa shape index (κ2) is 4.71. The van der Waals surface area contributed by atoms with Crippen molar-refractivity contribution >= 4 is 11.6 Å². The number of hydrogen-bond donors (Lipinski definition) is 0. The van der Waals surface area contributed by atoms with E-state index < -0.39 is 5.82 Å². The van der Waals surface area contributed by atoms with Crippen molar-refractivity contribution in [1.29, 1.82) is 0 Å². The monoisotopic (exact) mass is 269 g/mol. The van der Waals surface area contributed by atoms with E-state index in [9.17, 15) is 4.39 Å². The molecule has 0 aliphatic carbocycles. The maximum absolute atomic E-state index is 13.3. The predicted molar refractivity (Wildman–Crippen MR) is 69.6 cm³/mol. The lowest BCUT2D eigenvalue weighted by molar-refractivity contribution is 0.0660. The molecular formula is C14H17ClFNO. The van der Waals surface area contributed by atoms with Gasteiger partial charge in [0.15, 0.2) is 0 Å². The molecule has 2 heterocycles. The van der Waals surface area contributed by atoms with Gasteiger partial charge in [-0.25, -0.2) is 4.39 Å². The van der Waals surface area contributed by atoms with Crippen molar-refractivity contribution in [3.63, 3.8) is 0 Å². The smallest absolute Gasteiger partial charge is 0.145 e. The van der Waals surface area contributed by atoms with E-state index in [-0.39, 0.29) is 11.1 Å². The molecule has 2 bridgehead atoms. The topological polar surface area (TPSA) is 12.5 Å². The van der Waals surface area contributed by atoms with E-state index in [4.69, 9.17) is 16.3 Å². The summed E-state index contributed by atoms with van der Waals surface area (Å²) in [5.74, 6) is 0.177. The number of halogens is 2. The number of rotatable bonds is 2. The molecule has 2 fully saturated rings. The average molecular weight is 270 g/mol. The van der Waals surface area contributed by atoms with Gasteiger partial charge < -0.3 is 9.64 Å². The molecule has 0 aromatic heterocycles. The van der Waals surface area contributed by atoms with Gasteiger partial charge in [-0.3, -0.25) is 0 Å². The molecular weight excluding hydrogens is 253 g/mol. The summed E-state index contributed by atoms with van der Waals surface area (Å²) in [6, 6.07) is 5.93. The first-order chi connectivity index (χ1) is 8.63. The van der Waals surface area contributed by atoms with E-state index >= 15 is 0 Å². The Morgan fingerprint density at radius 1 is 1.28 bits per heavy atom. The van der Waals surface area contributed by atoms with Crippen LogP contribution in [0, 0.1) is 5.82 Å². The van der Waals surface area contributed by atoms with Gasteiger partial charge in [0.05, 0.1) is 5.02 Å². The molecule has 0 spiro atoms. The Balaban J connectivity index is 1.68. The predicted octanol–water partition coefficient (Wildman–Crippen LogP) is 3.48. The van der Waals surface area contributed by atoms with Gasteiger partial charge in [0.25, 0.3) is 0 Å². The minimum absolute atomic E-state index is 0.144. The number of piperidine rings is 1. The lowest BCUT2D eigenvalue weighted by Crippen LogP contribution is -2.43. The molecule has 0 radical (unpaired) electrons. The number of nitrogens with zero attached hydrogens (tertiary/aromatic N) is 1. The second-order valence-corrected chi connectivity index (χ2v) is 5.74. The summed E-state index contributed by atoms with van der Waals surface area (Å²) in [6.07, 6.45) is 4.81. The zero-order valence-electron chi connectivity index (χ0n) is 10.4. The molecule has 18 heavy (non-hydrogen) atoms. The summed E-state index contributed by atoms with van der Waals surface area (Å²) in [4.78, 5) is 2.46. The van der Waals surface area contributed by atoms with Crippen molar-refractivity contribution in [2.24, 2.45) is 0 Å². The van der Waals surface area contributed by atoms with Gasteiger partial charge in [-0.15, -0.1) is 0 Å². The molecule has 2 saturated heterocycles. The molecule has 2 nitrogen and oxygen atoms in total. The molecule has 2 unspecified atom stereocenters. The highest BCUT2D eigenvalue weighted by molar-refractivity contribution is 6.30. The van der Waals surface area contributed by atoms with Gasteiger partial charge in [0, 0.05) is 18.2 Å². The lowest BCUT2D eigenvalue weighted by Gasteiger charge is -2.36. The lowest BCUT2D eigenvalue weighted by atomic mass is 10.0. The average Bonchev–Trinajstić information content (AvgIpc) is 2.58. The van der Waals surface area contributed by atoms with Crippen LogP contribution in [-0.2, 0) is 0 Å². The third-order valence-corrected chi connectivity index (χ3v) is 4.56. The molecule has 4 heteroatoms. The van der Waals surface area contributed by atoms with Gasteiger partial charge in [-0.1, -0.05) is 11.6 Å². The summed E-state index contributed by atoms with van der Waals surface area (Å²) >= 11 is 5.66. The summed E-state index contributed by atoms with van der Waals surface area (Å²) in [5, 5.41) is 0.144. The summed E-state index contributed by atoms with van der Waals surface area (Å²) < 4.78 is 19.2. The second-order valence-electron chi connectivity index (χ2n) is 5.34. The molecule has 1 aromatic rings. The van der Waals surface area contributed by atoms with Crippen molar-refractivity contribution in [2.45, 2.75) is 43.9 Å². The Hall–Kier alpha value is -0.800. The van der Waals surface area contributed by atoms with Gasteiger partial charge in [0.1, 0.15) is 17.7 Å². The van der Waals surface area contributed by atoms with Crippen LogP contribution in [0.2, 0.25) is 5.02 Å². The van der Waals surface area contributed by atoms with Crippen LogP contribution in [0.4, 0.5) is 4.39 Å². The molecule has 2 aliphatic rings. The molecule has 98 valence electrons. The van der Waals surface area contributed by atoms with Crippen LogP contribution in [0.3, 0.4) is 0 Å². The summed E-state index contributed by atoms with van der Waals surface area (Å²) in [6.45, 7) is 0. The minimum Gasteiger partial charge on any atom is -0.490 e. The van der Waals surface area contributed by atoms with Crippen molar-refractivity contribution in [3.05, 3.63) is 29.0 Å². The SMILES string of the molecule is CN1C2CCC1CC(Oc1ccc(Cl)c(F)c1)C2. The van der Waals surface area contributed by atoms with Crippen molar-refractivity contribution in [3.8, 4) is 5.75 Å². The Morgan fingerprint density at radius 2 is 1.94 bits per heavy atom. The first-order valence-electron chi connectivity index (χ1n) is 6.47. The van der Waals surface area contributed by atoms with E-state index in [0.29, 0.717) is 17.8 Å². The normalized spacial score (nSPS) is 31.6. The Labute approximate surface area is 112 Å². The first-order valence-corrected chi connectivity index (χ1v) is 6.85. The quantitative estimate of drug-likeness (QED) is 0.815. The van der Waals surface area contributed by atoms with E-state index in [1.54, 1.807) is 12.1 Å². The molecule has 0 saturated carbocycles. The Bertz CT molecular complexity index is 439. The zero-order chi connectivity index (χ0) is 12.7. The Morgan fingerprint density at radius 3 is 2.56 bits per heavy atom. The fourth-order valence-corrected chi connectivity index (χ4v) is 3.32. The first kappa shape index (κ1) is 12.2. The van der Waals surface area contributed by atoms with E-state index in [1.165, 1.54) is 18.9 Å². The van der Waals surface area contributed by atoms with Crippen LogP contribution in [0.15, 0.2) is 18.2 Å². The standard InChI is InChI=1S/C14H17ClFNO/c1-17-9-2-3-10(17)7-12(6-9)18-11-4-5-13(15)14(16)8-11/h4-5,8-10,12H,2-3,6-7H2,1H3. The maximum atomic E-state index is 13.3. The van der Waals surface area contributed by atoms with Crippen molar-refractivity contribution in [1.82, 2.24) is 4.90 Å². The fraction of sp³-hybridized carbons (Fsp3) is 0.571. The Kier molecular flexibility index (Phi) is 3.20. The highest BCUT2D eigenvalue weighted by Gasteiger charge is 2.39. The van der Waals surface area contributed by atoms with E-state index in [1.807, 2.05) is 0 Å². The highest BCUT2D eigenvalue weighted by atomic mass is 35.5. The zero-order valence-corrected chi connectivity index (χ0v) is 11.2. The molecule has 0 N–H and O–H groups in total. The van der Waals surface area contributed by atoms with Crippen molar-refractivity contribution in [2.75, 3.05) is 7.05 Å². The molecule has 3 rings (SSSR count). The van der Waals surface area contributed by atoms with E-state index in [0.717, 1.165) is 12.8 Å². The van der Waals surface area contributed by atoms with Crippen LogP contribution in [0.25, 0.3) is 0 Å². The van der Waals surface area contributed by atoms with Gasteiger partial charge >= 0.3 is 0 Å². The molecule has 1 aromatic carbocycles. The highest BCUT2D eigenvalue weighted by Crippen LogP contribution is 2.36. The van der Waals surface area contributed by atoms with Gasteiger partial charge in [0.2, 0.25) is 0 Å². The number of hydrogen-bond acceptors (Lipinski definition) is 2. The van der Waals surface area contributed by atoms with Crippen LogP contribution < -0.4 is 4.74 Å². The number of fused-ring (bicyclic) bond motifs is 2. The molecule has 2 atom stereocenters. The molecule has 2 aliphatic heterocycles. The van der Waals surface area contributed by atoms with E-state index in [2.05, 4.69) is 11.9 Å². The van der Waals surface area contributed by atoms with Crippen LogP contribution in [0.5, 0.6) is 5.75 Å². The largest absolute Gasteiger partial charge is 0.490 e. The minimum atomic E-state index is -0.412. The van der Waals surface area contributed by atoms with Crippen LogP contribution in [0.1, 0.15) is 25.7 Å². The fourth-order valence-electron chi connectivity index (χ4n) is 3.20. The molecule has 0 amide bonds. The third-order valence-electron chi connectivity index (χ3n) is 4.25.